The van der Waals surface area contributed by atoms with Crippen LogP contribution in [0, 0.1) is 18.3 Å². The van der Waals surface area contributed by atoms with Crippen molar-refractivity contribution in [2.24, 2.45) is 17.1 Å². The Morgan fingerprint density at radius 3 is 2.48 bits per heavy atom. The standard InChI is InChI=1S/C21H34N4O2/c1-4-21(5-2,15-22)19(26)25-12-6-7-17(14-25)13-23-20(27)24-18-10-8-16(3)9-11-18/h8-11,17H,4-7,12-15,22H2,1-3H3,(H2,23,24,27). The van der Waals surface area contributed by atoms with Gasteiger partial charge in [-0.25, -0.2) is 4.79 Å². The molecule has 150 valence electrons. The molecular weight excluding hydrogens is 340 g/mol. The minimum atomic E-state index is -0.446. The lowest BCUT2D eigenvalue weighted by Gasteiger charge is -2.39. The lowest BCUT2D eigenvalue weighted by molar-refractivity contribution is -0.144. The number of piperidine rings is 1. The number of hydrogen-bond acceptors (Lipinski definition) is 3. The van der Waals surface area contributed by atoms with Crippen molar-refractivity contribution >= 4 is 17.6 Å². The first-order valence-corrected chi connectivity index (χ1v) is 10.0. The maximum absolute atomic E-state index is 13.0. The van der Waals surface area contributed by atoms with Crippen LogP contribution >= 0.6 is 0 Å². The monoisotopic (exact) mass is 374 g/mol. The van der Waals surface area contributed by atoms with E-state index in [0.717, 1.165) is 43.5 Å². The average molecular weight is 375 g/mol. The van der Waals surface area contributed by atoms with Gasteiger partial charge in [-0.05, 0) is 50.7 Å². The molecule has 1 aliphatic rings. The van der Waals surface area contributed by atoms with Crippen LogP contribution in [-0.2, 0) is 4.79 Å². The first-order chi connectivity index (χ1) is 12.9. The molecule has 1 heterocycles. The third kappa shape index (κ3) is 5.45. The Morgan fingerprint density at radius 1 is 1.22 bits per heavy atom. The van der Waals surface area contributed by atoms with Crippen LogP contribution in [0.3, 0.4) is 0 Å². The van der Waals surface area contributed by atoms with Gasteiger partial charge in [0.2, 0.25) is 5.91 Å². The molecule has 6 heteroatoms. The maximum Gasteiger partial charge on any atom is 0.319 e. The zero-order valence-corrected chi connectivity index (χ0v) is 16.9. The van der Waals surface area contributed by atoms with Gasteiger partial charge in [0.1, 0.15) is 0 Å². The SMILES string of the molecule is CCC(CC)(CN)C(=O)N1CCCC(CNC(=O)Nc2ccc(C)cc2)C1. The maximum atomic E-state index is 13.0. The average Bonchev–Trinajstić information content (AvgIpc) is 2.70. The number of rotatable bonds is 7. The van der Waals surface area contributed by atoms with Crippen LogP contribution in [0.4, 0.5) is 10.5 Å². The summed E-state index contributed by atoms with van der Waals surface area (Å²) in [5.74, 6) is 0.444. The Kier molecular flexibility index (Phi) is 7.66. The van der Waals surface area contributed by atoms with E-state index in [9.17, 15) is 9.59 Å². The number of hydrogen-bond donors (Lipinski definition) is 3. The first-order valence-electron chi connectivity index (χ1n) is 10.0. The van der Waals surface area contributed by atoms with Crippen molar-refractivity contribution in [3.63, 3.8) is 0 Å². The van der Waals surface area contributed by atoms with Gasteiger partial charge >= 0.3 is 6.03 Å². The summed E-state index contributed by atoms with van der Waals surface area (Å²) in [5.41, 5.74) is 7.42. The fourth-order valence-electron chi connectivity index (χ4n) is 3.73. The van der Waals surface area contributed by atoms with E-state index in [1.165, 1.54) is 0 Å². The lowest BCUT2D eigenvalue weighted by Crippen LogP contribution is -2.52. The van der Waals surface area contributed by atoms with Gasteiger partial charge in [0, 0.05) is 31.9 Å². The molecule has 0 spiro atoms. The van der Waals surface area contributed by atoms with Crippen molar-refractivity contribution in [3.05, 3.63) is 29.8 Å². The first kappa shape index (κ1) is 21.2. The zero-order chi connectivity index (χ0) is 19.9. The summed E-state index contributed by atoms with van der Waals surface area (Å²) in [6, 6.07) is 7.49. The topological polar surface area (TPSA) is 87.5 Å². The van der Waals surface area contributed by atoms with Crippen LogP contribution in [-0.4, -0.2) is 43.0 Å². The van der Waals surface area contributed by atoms with Crippen molar-refractivity contribution in [3.8, 4) is 0 Å². The van der Waals surface area contributed by atoms with Gasteiger partial charge in [-0.2, -0.15) is 0 Å². The Bertz CT molecular complexity index is 617. The van der Waals surface area contributed by atoms with Gasteiger partial charge < -0.3 is 21.3 Å². The summed E-state index contributed by atoms with van der Waals surface area (Å²) in [7, 11) is 0. The molecule has 3 amide bonds. The van der Waals surface area contributed by atoms with E-state index in [0.29, 0.717) is 19.6 Å². The number of urea groups is 1. The molecule has 27 heavy (non-hydrogen) atoms. The number of anilines is 1. The van der Waals surface area contributed by atoms with Crippen molar-refractivity contribution in [1.29, 1.82) is 0 Å². The Morgan fingerprint density at radius 2 is 1.89 bits per heavy atom. The smallest absolute Gasteiger partial charge is 0.319 e. The number of nitrogens with zero attached hydrogens (tertiary/aromatic N) is 1. The summed E-state index contributed by atoms with van der Waals surface area (Å²) >= 11 is 0. The van der Waals surface area contributed by atoms with Crippen molar-refractivity contribution in [1.82, 2.24) is 10.2 Å². The van der Waals surface area contributed by atoms with E-state index < -0.39 is 5.41 Å². The van der Waals surface area contributed by atoms with Crippen LogP contribution in [0.5, 0.6) is 0 Å². The van der Waals surface area contributed by atoms with Crippen molar-refractivity contribution in [2.75, 3.05) is 31.5 Å². The van der Waals surface area contributed by atoms with Gasteiger partial charge in [0.05, 0.1) is 5.41 Å². The number of likely N-dealkylation sites (tertiary alicyclic amines) is 1. The predicted octanol–water partition coefficient (Wildman–Crippen LogP) is 3.12. The third-order valence-electron chi connectivity index (χ3n) is 5.86. The Hall–Kier alpha value is -2.08. The number of carbonyl (C=O) groups is 2. The second-order valence-electron chi connectivity index (χ2n) is 7.65. The van der Waals surface area contributed by atoms with E-state index in [1.54, 1.807) is 0 Å². The number of carbonyl (C=O) groups excluding carboxylic acids is 2. The van der Waals surface area contributed by atoms with E-state index in [1.807, 2.05) is 49.9 Å². The van der Waals surface area contributed by atoms with Gasteiger partial charge in [-0.15, -0.1) is 0 Å². The molecule has 1 atom stereocenters. The molecule has 1 unspecified atom stereocenters. The quantitative estimate of drug-likeness (QED) is 0.685. The van der Waals surface area contributed by atoms with Crippen LogP contribution in [0.1, 0.15) is 45.1 Å². The van der Waals surface area contributed by atoms with E-state index >= 15 is 0 Å². The number of benzene rings is 1. The molecule has 0 aliphatic carbocycles. The normalized spacial score (nSPS) is 17.5. The van der Waals surface area contributed by atoms with E-state index in [2.05, 4.69) is 10.6 Å². The van der Waals surface area contributed by atoms with Crippen LogP contribution < -0.4 is 16.4 Å². The highest BCUT2D eigenvalue weighted by atomic mass is 16.2. The Balaban J connectivity index is 1.86. The summed E-state index contributed by atoms with van der Waals surface area (Å²) in [4.78, 5) is 27.1. The highest BCUT2D eigenvalue weighted by Gasteiger charge is 2.38. The number of aryl methyl sites for hydroxylation is 1. The summed E-state index contributed by atoms with van der Waals surface area (Å²) in [6.45, 7) is 8.50. The molecular formula is C21H34N4O2. The van der Waals surface area contributed by atoms with Crippen molar-refractivity contribution in [2.45, 2.75) is 46.5 Å². The number of amides is 3. The van der Waals surface area contributed by atoms with Gasteiger partial charge in [-0.1, -0.05) is 31.5 Å². The number of nitrogens with two attached hydrogens (primary N) is 1. The van der Waals surface area contributed by atoms with Crippen LogP contribution in [0.15, 0.2) is 24.3 Å². The molecule has 0 radical (unpaired) electrons. The fraction of sp³-hybridized carbons (Fsp3) is 0.619. The highest BCUT2D eigenvalue weighted by Crippen LogP contribution is 2.30. The molecule has 1 saturated heterocycles. The second kappa shape index (κ2) is 9.74. The number of nitrogens with one attached hydrogen (secondary N) is 2. The zero-order valence-electron chi connectivity index (χ0n) is 16.9. The molecule has 1 aliphatic heterocycles. The molecule has 0 aromatic heterocycles. The highest BCUT2D eigenvalue weighted by molar-refractivity contribution is 5.89. The van der Waals surface area contributed by atoms with Crippen LogP contribution in [0.25, 0.3) is 0 Å². The fourth-order valence-corrected chi connectivity index (χ4v) is 3.73. The summed E-state index contributed by atoms with van der Waals surface area (Å²) < 4.78 is 0. The van der Waals surface area contributed by atoms with E-state index in [4.69, 9.17) is 5.73 Å². The van der Waals surface area contributed by atoms with Gasteiger partial charge in [0.15, 0.2) is 0 Å². The minimum Gasteiger partial charge on any atom is -0.342 e. The summed E-state index contributed by atoms with van der Waals surface area (Å²) in [6.07, 6.45) is 3.50. The molecule has 6 nitrogen and oxygen atoms in total. The third-order valence-corrected chi connectivity index (χ3v) is 5.86. The summed E-state index contributed by atoms with van der Waals surface area (Å²) in [5, 5.41) is 5.79. The van der Waals surface area contributed by atoms with Gasteiger partial charge in [0.25, 0.3) is 0 Å². The van der Waals surface area contributed by atoms with Crippen LogP contribution in [0.2, 0.25) is 0 Å². The lowest BCUT2D eigenvalue weighted by atomic mass is 9.80. The largest absolute Gasteiger partial charge is 0.342 e. The Labute approximate surface area is 162 Å². The molecule has 1 fully saturated rings. The molecule has 0 saturated carbocycles. The second-order valence-corrected chi connectivity index (χ2v) is 7.65. The van der Waals surface area contributed by atoms with Gasteiger partial charge in [-0.3, -0.25) is 4.79 Å². The van der Waals surface area contributed by atoms with E-state index in [-0.39, 0.29) is 17.9 Å². The molecule has 2 rings (SSSR count). The molecule has 1 aromatic rings. The molecule has 4 N–H and O–H groups in total. The molecule has 1 aromatic carbocycles. The minimum absolute atomic E-state index is 0.170. The molecule has 0 bridgehead atoms. The van der Waals surface area contributed by atoms with Crippen molar-refractivity contribution < 1.29 is 9.59 Å². The predicted molar refractivity (Wildman–Crippen MR) is 110 cm³/mol.